The van der Waals surface area contributed by atoms with Crippen molar-refractivity contribution in [2.45, 2.75) is 39.2 Å². The number of nitrogens with two attached hydrogens (primary N) is 1. The summed E-state index contributed by atoms with van der Waals surface area (Å²) < 4.78 is 0. The minimum absolute atomic E-state index is 0. The highest BCUT2D eigenvalue weighted by atomic mass is 35.5. The molecule has 1 aliphatic heterocycles. The van der Waals surface area contributed by atoms with Crippen LogP contribution in [0.15, 0.2) is 42.5 Å². The van der Waals surface area contributed by atoms with Crippen molar-refractivity contribution in [3.8, 4) is 0 Å². The van der Waals surface area contributed by atoms with Crippen LogP contribution in [0.5, 0.6) is 0 Å². The van der Waals surface area contributed by atoms with Crippen molar-refractivity contribution < 1.29 is 4.79 Å². The first kappa shape index (κ1) is 18.5. The summed E-state index contributed by atoms with van der Waals surface area (Å²) in [5.74, 6) is 0.585. The maximum absolute atomic E-state index is 12.9. The Balaban J connectivity index is 0.00000208. The lowest BCUT2D eigenvalue weighted by molar-refractivity contribution is 0.0985. The second kappa shape index (κ2) is 7.82. The molecule has 1 heterocycles. The van der Waals surface area contributed by atoms with Crippen LogP contribution in [0.4, 0.5) is 5.69 Å². The van der Waals surface area contributed by atoms with Gasteiger partial charge in [0.05, 0.1) is 0 Å². The Bertz CT molecular complexity index is 710. The lowest BCUT2D eigenvalue weighted by Gasteiger charge is -2.30. The summed E-state index contributed by atoms with van der Waals surface area (Å²) in [5.41, 5.74) is 11.1. The summed E-state index contributed by atoms with van der Waals surface area (Å²) in [6.45, 7) is 5.68. The van der Waals surface area contributed by atoms with Crippen LogP contribution < -0.4 is 10.6 Å². The SMILES string of the molecule is CC(C)c1ccc2c(c1)CCCN2C(=O)c1ccc(CN)cc1.Cl. The van der Waals surface area contributed by atoms with Gasteiger partial charge >= 0.3 is 0 Å². The van der Waals surface area contributed by atoms with Gasteiger partial charge in [0.25, 0.3) is 5.91 Å². The van der Waals surface area contributed by atoms with Gasteiger partial charge in [-0.1, -0.05) is 38.1 Å². The summed E-state index contributed by atoms with van der Waals surface area (Å²) in [5, 5.41) is 0. The topological polar surface area (TPSA) is 46.3 Å². The highest BCUT2D eigenvalue weighted by Gasteiger charge is 2.23. The van der Waals surface area contributed by atoms with Crippen molar-refractivity contribution >= 4 is 24.0 Å². The van der Waals surface area contributed by atoms with Crippen LogP contribution in [0.25, 0.3) is 0 Å². The largest absolute Gasteiger partial charge is 0.326 e. The van der Waals surface area contributed by atoms with Gasteiger partial charge in [-0.3, -0.25) is 4.79 Å². The number of aryl methyl sites for hydroxylation is 1. The van der Waals surface area contributed by atoms with Crippen LogP contribution in [0, 0.1) is 0 Å². The lowest BCUT2D eigenvalue weighted by Crippen LogP contribution is -2.35. The van der Waals surface area contributed by atoms with Gasteiger partial charge in [0.15, 0.2) is 0 Å². The number of benzene rings is 2. The number of nitrogens with zero attached hydrogens (tertiary/aromatic N) is 1. The molecular formula is C20H25ClN2O. The summed E-state index contributed by atoms with van der Waals surface area (Å²) in [7, 11) is 0. The van der Waals surface area contributed by atoms with Gasteiger partial charge in [0.1, 0.15) is 0 Å². The minimum atomic E-state index is 0. The summed E-state index contributed by atoms with van der Waals surface area (Å²) >= 11 is 0. The van der Waals surface area contributed by atoms with E-state index in [-0.39, 0.29) is 18.3 Å². The van der Waals surface area contributed by atoms with E-state index in [0.717, 1.165) is 36.2 Å². The monoisotopic (exact) mass is 344 g/mol. The van der Waals surface area contributed by atoms with E-state index in [4.69, 9.17) is 5.73 Å². The molecule has 1 amide bonds. The molecule has 1 aliphatic rings. The minimum Gasteiger partial charge on any atom is -0.326 e. The maximum atomic E-state index is 12.9. The molecule has 3 rings (SSSR count). The fourth-order valence-corrected chi connectivity index (χ4v) is 3.13. The Hall–Kier alpha value is -1.84. The Kier molecular flexibility index (Phi) is 6.03. The molecule has 0 aromatic heterocycles. The predicted molar refractivity (Wildman–Crippen MR) is 102 cm³/mol. The number of carbonyl (C=O) groups excluding carboxylic acids is 1. The molecule has 0 saturated heterocycles. The number of rotatable bonds is 3. The van der Waals surface area contributed by atoms with E-state index >= 15 is 0 Å². The van der Waals surface area contributed by atoms with Crippen LogP contribution in [-0.2, 0) is 13.0 Å². The summed E-state index contributed by atoms with van der Waals surface area (Å²) in [4.78, 5) is 14.8. The van der Waals surface area contributed by atoms with Crippen molar-refractivity contribution in [1.29, 1.82) is 0 Å². The van der Waals surface area contributed by atoms with Gasteiger partial charge in [0.2, 0.25) is 0 Å². The van der Waals surface area contributed by atoms with Gasteiger partial charge in [-0.15, -0.1) is 12.4 Å². The number of halogens is 1. The van der Waals surface area contributed by atoms with Gasteiger partial charge < -0.3 is 10.6 Å². The van der Waals surface area contributed by atoms with E-state index < -0.39 is 0 Å². The predicted octanol–water partition coefficient (Wildman–Crippen LogP) is 4.28. The normalized spacial score (nSPS) is 13.4. The molecule has 128 valence electrons. The first-order chi connectivity index (χ1) is 11.1. The van der Waals surface area contributed by atoms with Gasteiger partial charge in [0, 0.05) is 24.3 Å². The van der Waals surface area contributed by atoms with Crippen molar-refractivity contribution in [2.24, 2.45) is 5.73 Å². The van der Waals surface area contributed by atoms with E-state index in [1.54, 1.807) is 0 Å². The molecule has 3 nitrogen and oxygen atoms in total. The van der Waals surface area contributed by atoms with Crippen molar-refractivity contribution in [3.63, 3.8) is 0 Å². The molecule has 0 unspecified atom stereocenters. The number of amides is 1. The van der Waals surface area contributed by atoms with E-state index in [1.165, 1.54) is 11.1 Å². The molecule has 4 heteroatoms. The smallest absolute Gasteiger partial charge is 0.258 e. The highest BCUT2D eigenvalue weighted by Crippen LogP contribution is 2.31. The molecule has 2 N–H and O–H groups in total. The Morgan fingerprint density at radius 2 is 1.88 bits per heavy atom. The zero-order valence-corrected chi connectivity index (χ0v) is 15.1. The summed E-state index contributed by atoms with van der Waals surface area (Å²) in [6, 6.07) is 14.1. The number of hydrogen-bond acceptors (Lipinski definition) is 2. The van der Waals surface area contributed by atoms with E-state index in [2.05, 4.69) is 32.0 Å². The van der Waals surface area contributed by atoms with Gasteiger partial charge in [-0.05, 0) is 53.6 Å². The third kappa shape index (κ3) is 3.63. The second-order valence-electron chi connectivity index (χ2n) is 6.50. The highest BCUT2D eigenvalue weighted by molar-refractivity contribution is 6.06. The molecule has 0 aliphatic carbocycles. The van der Waals surface area contributed by atoms with Gasteiger partial charge in [-0.25, -0.2) is 0 Å². The zero-order chi connectivity index (χ0) is 16.4. The molecule has 24 heavy (non-hydrogen) atoms. The van der Waals surface area contributed by atoms with Crippen LogP contribution in [-0.4, -0.2) is 12.5 Å². The summed E-state index contributed by atoms with van der Waals surface area (Å²) in [6.07, 6.45) is 2.06. The van der Waals surface area contributed by atoms with E-state index in [0.29, 0.717) is 12.5 Å². The molecule has 0 spiro atoms. The molecule has 0 radical (unpaired) electrons. The number of carbonyl (C=O) groups is 1. The standard InChI is InChI=1S/C20H24N2O.ClH/c1-14(2)17-9-10-19-18(12-17)4-3-11-22(19)20(23)16-7-5-15(13-21)6-8-16;/h5-10,12,14H,3-4,11,13,21H2,1-2H3;1H. The third-order valence-electron chi connectivity index (χ3n) is 4.57. The van der Waals surface area contributed by atoms with Crippen molar-refractivity contribution in [3.05, 3.63) is 64.7 Å². The van der Waals surface area contributed by atoms with Crippen LogP contribution in [0.2, 0.25) is 0 Å². The number of anilines is 1. The van der Waals surface area contributed by atoms with Crippen LogP contribution in [0.1, 0.15) is 53.2 Å². The quantitative estimate of drug-likeness (QED) is 0.903. The third-order valence-corrected chi connectivity index (χ3v) is 4.57. The molecule has 0 saturated carbocycles. The maximum Gasteiger partial charge on any atom is 0.258 e. The van der Waals surface area contributed by atoms with Crippen molar-refractivity contribution in [1.82, 2.24) is 0 Å². The average molecular weight is 345 g/mol. The fraction of sp³-hybridized carbons (Fsp3) is 0.350. The Labute approximate surface area is 150 Å². The number of fused-ring (bicyclic) bond motifs is 1. The van der Waals surface area contributed by atoms with Gasteiger partial charge in [-0.2, -0.15) is 0 Å². The average Bonchev–Trinajstić information content (AvgIpc) is 2.60. The van der Waals surface area contributed by atoms with E-state index in [1.807, 2.05) is 29.2 Å². The second-order valence-corrected chi connectivity index (χ2v) is 6.50. The van der Waals surface area contributed by atoms with Crippen LogP contribution >= 0.6 is 12.4 Å². The fourth-order valence-electron chi connectivity index (χ4n) is 3.13. The molecular weight excluding hydrogens is 320 g/mol. The molecule has 0 fully saturated rings. The van der Waals surface area contributed by atoms with E-state index in [9.17, 15) is 4.79 Å². The molecule has 0 bridgehead atoms. The molecule has 2 aromatic carbocycles. The van der Waals surface area contributed by atoms with Crippen molar-refractivity contribution in [2.75, 3.05) is 11.4 Å². The Morgan fingerprint density at radius 3 is 2.50 bits per heavy atom. The first-order valence-electron chi connectivity index (χ1n) is 8.34. The molecule has 0 atom stereocenters. The molecule has 2 aromatic rings. The first-order valence-corrected chi connectivity index (χ1v) is 8.34. The van der Waals surface area contributed by atoms with Crippen LogP contribution in [0.3, 0.4) is 0 Å². The lowest BCUT2D eigenvalue weighted by atomic mass is 9.94. The zero-order valence-electron chi connectivity index (χ0n) is 14.3. The Morgan fingerprint density at radius 1 is 1.17 bits per heavy atom. The number of hydrogen-bond donors (Lipinski definition) is 1.